The Balaban J connectivity index is 3.13. The van der Waals surface area contributed by atoms with Crippen LogP contribution in [0.25, 0.3) is 0 Å². The van der Waals surface area contributed by atoms with Gasteiger partial charge in [0.25, 0.3) is 0 Å². The summed E-state index contributed by atoms with van der Waals surface area (Å²) in [5, 5.41) is 5.56. The smallest absolute Gasteiger partial charge is 0.407 e. The van der Waals surface area contributed by atoms with Gasteiger partial charge in [-0.05, 0) is 30.1 Å². The molecule has 1 rings (SSSR count). The van der Waals surface area contributed by atoms with Gasteiger partial charge in [0.15, 0.2) is 0 Å². The van der Waals surface area contributed by atoms with Gasteiger partial charge in [-0.25, -0.2) is 33.6 Å². The fourth-order valence-corrected chi connectivity index (χ4v) is 6.10. The molecule has 1 fully saturated rings. The molecule has 1 saturated carbocycles. The molecule has 0 aromatic heterocycles. The Hall–Kier alpha value is -5.94. The summed E-state index contributed by atoms with van der Waals surface area (Å²) >= 11 is 0. The van der Waals surface area contributed by atoms with Crippen LogP contribution >= 0.6 is 0 Å². The molecule has 0 radical (unpaired) electrons. The Morgan fingerprint density at radius 1 is 0.552 bits per heavy atom. The molecule has 2 N–H and O–H groups in total. The number of hydrogen-bond donors (Lipinski definition) is 2. The largest absolute Gasteiger partial charge is 0.465 e. The molecule has 2 unspecified atom stereocenters. The zero-order chi connectivity index (χ0) is 44.0. The third-order valence-electron chi connectivity index (χ3n) is 8.71. The van der Waals surface area contributed by atoms with Crippen LogP contribution in [-0.4, -0.2) is 113 Å². The van der Waals surface area contributed by atoms with E-state index in [0.29, 0.717) is 19.3 Å². The standard InChI is InChI=1S/C40H56N2O16/c1-10-29(43)51-20-39(21-52-30(44)11-2,22-53-31(45)12-3)26-57-35(49)41-19-38(9)17-28(16-37(7,8)18-38)42-36(50)58-27-40(23-54-32(46)13-4,24-55-33(47)14-5)25-56-34(48)15-6/h10-14,28H,1-5,15-27H2,6-9H3,(H,41,49)(H,42,50). The first-order valence-corrected chi connectivity index (χ1v) is 18.2. The average Bonchev–Trinajstić information content (AvgIpc) is 3.19. The second-order valence-corrected chi connectivity index (χ2v) is 15.0. The van der Waals surface area contributed by atoms with Gasteiger partial charge < -0.3 is 48.5 Å². The van der Waals surface area contributed by atoms with Crippen molar-refractivity contribution in [3.05, 3.63) is 63.3 Å². The molecule has 0 heterocycles. The van der Waals surface area contributed by atoms with Crippen LogP contribution in [-0.2, 0) is 66.7 Å². The minimum absolute atomic E-state index is 0.0214. The van der Waals surface area contributed by atoms with E-state index in [9.17, 15) is 38.4 Å². The number of carbonyl (C=O) groups excluding carboxylic acids is 8. The molecule has 322 valence electrons. The Kier molecular flexibility index (Phi) is 20.7. The van der Waals surface area contributed by atoms with Crippen LogP contribution in [0.1, 0.15) is 53.4 Å². The van der Waals surface area contributed by atoms with Crippen LogP contribution in [0.4, 0.5) is 9.59 Å². The number of alkyl carbamates (subject to hydrolysis) is 2. The molecule has 0 spiro atoms. The second-order valence-electron chi connectivity index (χ2n) is 15.0. The highest BCUT2D eigenvalue weighted by Gasteiger charge is 2.43. The summed E-state index contributed by atoms with van der Waals surface area (Å²) in [4.78, 5) is 98.0. The summed E-state index contributed by atoms with van der Waals surface area (Å²) in [5.41, 5.74) is -3.98. The van der Waals surface area contributed by atoms with Crippen LogP contribution in [0.2, 0.25) is 0 Å². The van der Waals surface area contributed by atoms with Crippen LogP contribution in [0.3, 0.4) is 0 Å². The quantitative estimate of drug-likeness (QED) is 0.0761. The molecule has 0 saturated heterocycles. The molecule has 58 heavy (non-hydrogen) atoms. The summed E-state index contributed by atoms with van der Waals surface area (Å²) in [6, 6.07) is -0.463. The summed E-state index contributed by atoms with van der Waals surface area (Å²) in [7, 11) is 0. The van der Waals surface area contributed by atoms with E-state index < -0.39 is 123 Å². The summed E-state index contributed by atoms with van der Waals surface area (Å²) < 4.78 is 42.2. The lowest BCUT2D eigenvalue weighted by Crippen LogP contribution is -2.51. The van der Waals surface area contributed by atoms with Crippen LogP contribution in [0.15, 0.2) is 63.3 Å². The second kappa shape index (κ2) is 24.0. The Morgan fingerprint density at radius 2 is 0.897 bits per heavy atom. The molecule has 18 nitrogen and oxygen atoms in total. The first-order chi connectivity index (χ1) is 27.2. The highest BCUT2D eigenvalue weighted by Crippen LogP contribution is 2.46. The molecule has 2 amide bonds. The Bertz CT molecular complexity index is 1470. The first-order valence-electron chi connectivity index (χ1n) is 18.2. The minimum atomic E-state index is -1.53. The van der Waals surface area contributed by atoms with Gasteiger partial charge in [0.1, 0.15) is 63.7 Å². The SMILES string of the molecule is C=CC(=O)OCC(COC(=O)C=C)(COC(=O)C=C)COC(=O)NCC1(C)CC(NC(=O)OCC(COC(=O)C=C)(COC(=O)C=C)COC(=O)CC)CC(C)(C)C1. The van der Waals surface area contributed by atoms with E-state index in [-0.39, 0.29) is 18.4 Å². The number of ether oxygens (including phenoxy) is 8. The van der Waals surface area contributed by atoms with Crippen molar-refractivity contribution in [2.45, 2.75) is 59.4 Å². The number of amides is 2. The van der Waals surface area contributed by atoms with Gasteiger partial charge in [-0.2, -0.15) is 0 Å². The maximum absolute atomic E-state index is 13.3. The molecule has 2 atom stereocenters. The maximum atomic E-state index is 13.3. The van der Waals surface area contributed by atoms with E-state index >= 15 is 0 Å². The molecule has 0 bridgehead atoms. The van der Waals surface area contributed by atoms with E-state index in [1.54, 1.807) is 6.92 Å². The zero-order valence-electron chi connectivity index (χ0n) is 33.7. The average molecular weight is 821 g/mol. The molecule has 0 aromatic carbocycles. The van der Waals surface area contributed by atoms with E-state index in [1.807, 2.05) is 20.8 Å². The van der Waals surface area contributed by atoms with Gasteiger partial charge in [-0.3, -0.25) is 4.79 Å². The zero-order valence-corrected chi connectivity index (χ0v) is 33.7. The van der Waals surface area contributed by atoms with E-state index in [2.05, 4.69) is 43.5 Å². The first kappa shape index (κ1) is 50.1. The van der Waals surface area contributed by atoms with Crippen molar-refractivity contribution in [2.24, 2.45) is 21.7 Å². The third-order valence-corrected chi connectivity index (χ3v) is 8.71. The number of esters is 6. The van der Waals surface area contributed by atoms with Gasteiger partial charge >= 0.3 is 48.0 Å². The molecule has 18 heteroatoms. The monoisotopic (exact) mass is 820 g/mol. The molecular formula is C40H56N2O16. The van der Waals surface area contributed by atoms with Crippen LogP contribution < -0.4 is 10.6 Å². The van der Waals surface area contributed by atoms with Crippen molar-refractivity contribution < 1.29 is 76.3 Å². The van der Waals surface area contributed by atoms with E-state index in [4.69, 9.17) is 37.9 Å². The van der Waals surface area contributed by atoms with Crippen molar-refractivity contribution in [3.63, 3.8) is 0 Å². The molecular weight excluding hydrogens is 764 g/mol. The normalized spacial score (nSPS) is 17.0. The highest BCUT2D eigenvalue weighted by molar-refractivity contribution is 5.83. The van der Waals surface area contributed by atoms with Gasteiger partial charge in [0.2, 0.25) is 0 Å². The number of rotatable bonds is 25. The number of hydrogen-bond acceptors (Lipinski definition) is 16. The van der Waals surface area contributed by atoms with Crippen LogP contribution in [0.5, 0.6) is 0 Å². The topological polar surface area (TPSA) is 234 Å². The fourth-order valence-electron chi connectivity index (χ4n) is 6.10. The molecule has 1 aliphatic rings. The van der Waals surface area contributed by atoms with Gasteiger partial charge in [-0.1, -0.05) is 60.6 Å². The lowest BCUT2D eigenvalue weighted by atomic mass is 9.62. The molecule has 0 aliphatic heterocycles. The summed E-state index contributed by atoms with van der Waals surface area (Å²) in [6.07, 6.45) is 4.27. The van der Waals surface area contributed by atoms with Gasteiger partial charge in [-0.15, -0.1) is 0 Å². The van der Waals surface area contributed by atoms with Gasteiger partial charge in [0.05, 0.1) is 0 Å². The Morgan fingerprint density at radius 3 is 1.26 bits per heavy atom. The number of nitrogens with one attached hydrogen (secondary N) is 2. The van der Waals surface area contributed by atoms with Gasteiger partial charge in [0, 0.05) is 49.4 Å². The maximum Gasteiger partial charge on any atom is 0.407 e. The number of carbonyl (C=O) groups is 8. The lowest BCUT2D eigenvalue weighted by molar-refractivity contribution is -0.163. The fraction of sp³-hybridized carbons (Fsp3) is 0.550. The minimum Gasteiger partial charge on any atom is -0.465 e. The summed E-state index contributed by atoms with van der Waals surface area (Å²) in [5.74, 6) is -4.74. The Labute approximate surface area is 338 Å². The predicted molar refractivity (Wildman–Crippen MR) is 205 cm³/mol. The predicted octanol–water partition coefficient (Wildman–Crippen LogP) is 3.60. The van der Waals surface area contributed by atoms with Crippen molar-refractivity contribution in [2.75, 3.05) is 59.4 Å². The van der Waals surface area contributed by atoms with Crippen molar-refractivity contribution in [1.82, 2.24) is 10.6 Å². The van der Waals surface area contributed by atoms with Crippen molar-refractivity contribution in [3.8, 4) is 0 Å². The van der Waals surface area contributed by atoms with E-state index in [1.165, 1.54) is 0 Å². The molecule has 1 aliphatic carbocycles. The van der Waals surface area contributed by atoms with Crippen LogP contribution in [0, 0.1) is 21.7 Å². The molecule has 0 aromatic rings. The summed E-state index contributed by atoms with van der Waals surface area (Å²) in [6.45, 7) is 20.3. The third kappa shape index (κ3) is 18.8. The van der Waals surface area contributed by atoms with Crippen molar-refractivity contribution in [1.29, 1.82) is 0 Å². The van der Waals surface area contributed by atoms with Crippen molar-refractivity contribution >= 4 is 48.0 Å². The lowest BCUT2D eigenvalue weighted by Gasteiger charge is -2.46. The highest BCUT2D eigenvalue weighted by atomic mass is 16.6. The van der Waals surface area contributed by atoms with E-state index in [0.717, 1.165) is 30.4 Å².